The maximum Gasteiger partial charge on any atom is 0.296 e. The van der Waals surface area contributed by atoms with Crippen molar-refractivity contribution in [2.75, 3.05) is 6.26 Å². The second-order valence-electron chi connectivity index (χ2n) is 2.52. The molecule has 0 amide bonds. The van der Waals surface area contributed by atoms with Gasteiger partial charge >= 0.3 is 0 Å². The summed E-state index contributed by atoms with van der Waals surface area (Å²) in [5.41, 5.74) is 0.150. The van der Waals surface area contributed by atoms with Crippen LogP contribution in [-0.2, 0) is 11.2 Å². The molecule has 0 unspecified atom stereocenters. The van der Waals surface area contributed by atoms with E-state index in [2.05, 4.69) is 4.98 Å². The summed E-state index contributed by atoms with van der Waals surface area (Å²) in [6.45, 7) is 0. The molecule has 0 saturated carbocycles. The summed E-state index contributed by atoms with van der Waals surface area (Å²) in [6, 6.07) is 1.84. The van der Waals surface area contributed by atoms with Gasteiger partial charge in [0.25, 0.3) is 6.43 Å². The summed E-state index contributed by atoms with van der Waals surface area (Å²) >= 11 is 2.42. The molecular formula is C8H6F2N2OS2. The highest BCUT2D eigenvalue weighted by molar-refractivity contribution is 8.00. The Morgan fingerprint density at radius 3 is 2.87 bits per heavy atom. The lowest BCUT2D eigenvalue weighted by Crippen LogP contribution is -2.13. The molecule has 0 aliphatic carbocycles. The fourth-order valence-electron chi connectivity index (χ4n) is 0.867. The quantitative estimate of drug-likeness (QED) is 0.766. The highest BCUT2D eigenvalue weighted by Crippen LogP contribution is 2.25. The van der Waals surface area contributed by atoms with Crippen LogP contribution in [0.3, 0.4) is 0 Å². The summed E-state index contributed by atoms with van der Waals surface area (Å²) in [5, 5.41) is 8.69. The van der Waals surface area contributed by atoms with Gasteiger partial charge in [-0.15, -0.1) is 0 Å². The standard InChI is InChI=1S/C8H6F2N2OS2/c1-14-8-12-4(6(3-11)15-8)2-5(13)7(9)10/h7H,2H2,1H3. The minimum atomic E-state index is -3.00. The van der Waals surface area contributed by atoms with E-state index in [0.717, 1.165) is 11.3 Å². The SMILES string of the molecule is CSc1nc(CC(=O)C(F)F)c(C#N)s1. The Labute approximate surface area is 93.1 Å². The lowest BCUT2D eigenvalue weighted by Gasteiger charge is -1.95. The van der Waals surface area contributed by atoms with E-state index in [1.54, 1.807) is 6.26 Å². The van der Waals surface area contributed by atoms with E-state index in [4.69, 9.17) is 5.26 Å². The number of nitriles is 1. The van der Waals surface area contributed by atoms with Crippen molar-refractivity contribution in [1.29, 1.82) is 5.26 Å². The number of carbonyl (C=O) groups is 1. The Bertz CT molecular complexity index is 411. The van der Waals surface area contributed by atoms with Gasteiger partial charge in [0, 0.05) is 0 Å². The Kier molecular flexibility index (Phi) is 4.17. The Balaban J connectivity index is 2.89. The minimum absolute atomic E-state index is 0.150. The number of halogens is 2. The summed E-state index contributed by atoms with van der Waals surface area (Å²) in [4.78, 5) is 14.9. The number of alkyl halides is 2. The molecule has 3 nitrogen and oxygen atoms in total. The molecule has 0 spiro atoms. The van der Waals surface area contributed by atoms with Crippen molar-refractivity contribution in [3.05, 3.63) is 10.6 Å². The largest absolute Gasteiger partial charge is 0.296 e. The first-order chi connectivity index (χ1) is 7.08. The van der Waals surface area contributed by atoms with Crippen molar-refractivity contribution in [3.63, 3.8) is 0 Å². The number of thiazole rings is 1. The molecule has 0 bridgehead atoms. The zero-order valence-corrected chi connectivity index (χ0v) is 9.29. The Morgan fingerprint density at radius 1 is 1.73 bits per heavy atom. The molecule has 1 aromatic heterocycles. The molecule has 0 fully saturated rings. The highest BCUT2D eigenvalue weighted by Gasteiger charge is 2.20. The van der Waals surface area contributed by atoms with Crippen LogP contribution >= 0.6 is 23.1 Å². The Hall–Kier alpha value is -1.00. The van der Waals surface area contributed by atoms with Crippen LogP contribution in [0.2, 0.25) is 0 Å². The Morgan fingerprint density at radius 2 is 2.40 bits per heavy atom. The lowest BCUT2D eigenvalue weighted by atomic mass is 10.2. The third kappa shape index (κ3) is 2.97. The van der Waals surface area contributed by atoms with E-state index in [1.165, 1.54) is 11.8 Å². The third-order valence-corrected chi connectivity index (χ3v) is 3.53. The van der Waals surface area contributed by atoms with Gasteiger partial charge in [0.15, 0.2) is 4.34 Å². The number of hydrogen-bond donors (Lipinski definition) is 0. The number of Topliss-reactive ketones (excluding diaryl/α,β-unsaturated/α-hetero) is 1. The van der Waals surface area contributed by atoms with Crippen LogP contribution in [0, 0.1) is 11.3 Å². The van der Waals surface area contributed by atoms with Crippen LogP contribution in [-0.4, -0.2) is 23.4 Å². The number of ketones is 1. The van der Waals surface area contributed by atoms with Crippen molar-refractivity contribution in [3.8, 4) is 6.07 Å². The molecule has 0 atom stereocenters. The average molecular weight is 248 g/mol. The predicted molar refractivity (Wildman–Crippen MR) is 53.3 cm³/mol. The maximum atomic E-state index is 12.0. The average Bonchev–Trinajstić information content (AvgIpc) is 2.60. The van der Waals surface area contributed by atoms with Crippen LogP contribution in [0.15, 0.2) is 4.34 Å². The molecular weight excluding hydrogens is 242 g/mol. The first kappa shape index (κ1) is 12.1. The van der Waals surface area contributed by atoms with Crippen LogP contribution in [0.1, 0.15) is 10.6 Å². The third-order valence-electron chi connectivity index (χ3n) is 1.54. The lowest BCUT2D eigenvalue weighted by molar-refractivity contribution is -0.128. The molecule has 0 aliphatic rings. The second-order valence-corrected chi connectivity index (χ2v) is 4.57. The molecule has 0 aromatic carbocycles. The first-order valence-electron chi connectivity index (χ1n) is 3.83. The number of thioether (sulfide) groups is 1. The zero-order valence-electron chi connectivity index (χ0n) is 7.66. The van der Waals surface area contributed by atoms with Crippen molar-refractivity contribution in [2.45, 2.75) is 17.2 Å². The summed E-state index contributed by atoms with van der Waals surface area (Å²) in [7, 11) is 0. The number of aromatic nitrogens is 1. The van der Waals surface area contributed by atoms with Crippen LogP contribution in [0.25, 0.3) is 0 Å². The molecule has 0 N–H and O–H groups in total. The second kappa shape index (κ2) is 5.19. The van der Waals surface area contributed by atoms with Gasteiger partial charge in [-0.05, 0) is 6.26 Å². The van der Waals surface area contributed by atoms with Gasteiger partial charge in [-0.1, -0.05) is 23.1 Å². The molecule has 0 saturated heterocycles. The molecule has 15 heavy (non-hydrogen) atoms. The van der Waals surface area contributed by atoms with Gasteiger partial charge in [-0.3, -0.25) is 4.79 Å². The monoisotopic (exact) mass is 248 g/mol. The smallest absolute Gasteiger partial charge is 0.293 e. The van der Waals surface area contributed by atoms with E-state index in [-0.39, 0.29) is 10.6 Å². The van der Waals surface area contributed by atoms with Crippen molar-refractivity contribution in [2.24, 2.45) is 0 Å². The number of carbonyl (C=O) groups excluding carboxylic acids is 1. The molecule has 80 valence electrons. The van der Waals surface area contributed by atoms with Crippen molar-refractivity contribution >= 4 is 28.9 Å². The van der Waals surface area contributed by atoms with E-state index >= 15 is 0 Å². The van der Waals surface area contributed by atoms with Crippen LogP contribution in [0.5, 0.6) is 0 Å². The molecule has 1 aromatic rings. The van der Waals surface area contributed by atoms with Crippen LogP contribution < -0.4 is 0 Å². The maximum absolute atomic E-state index is 12.0. The topological polar surface area (TPSA) is 53.8 Å². The molecule has 1 rings (SSSR count). The molecule has 0 radical (unpaired) electrons. The van der Waals surface area contributed by atoms with Gasteiger partial charge in [0.1, 0.15) is 10.9 Å². The number of nitrogens with zero attached hydrogens (tertiary/aromatic N) is 2. The number of hydrogen-bond acceptors (Lipinski definition) is 5. The van der Waals surface area contributed by atoms with E-state index in [0.29, 0.717) is 4.34 Å². The molecule has 7 heteroatoms. The highest BCUT2D eigenvalue weighted by atomic mass is 32.2. The molecule has 0 aliphatic heterocycles. The first-order valence-corrected chi connectivity index (χ1v) is 5.87. The van der Waals surface area contributed by atoms with E-state index in [9.17, 15) is 13.6 Å². The summed E-state index contributed by atoms with van der Waals surface area (Å²) in [5.74, 6) is -1.20. The normalized spacial score (nSPS) is 10.3. The predicted octanol–water partition coefficient (Wildman–Crippen LogP) is 2.11. The number of rotatable bonds is 4. The van der Waals surface area contributed by atoms with Gasteiger partial charge in [-0.2, -0.15) is 5.26 Å². The minimum Gasteiger partial charge on any atom is -0.293 e. The van der Waals surface area contributed by atoms with Crippen molar-refractivity contribution < 1.29 is 13.6 Å². The van der Waals surface area contributed by atoms with Crippen LogP contribution in [0.4, 0.5) is 8.78 Å². The van der Waals surface area contributed by atoms with Gasteiger partial charge in [-0.25, -0.2) is 13.8 Å². The zero-order chi connectivity index (χ0) is 11.4. The van der Waals surface area contributed by atoms with E-state index in [1.807, 2.05) is 6.07 Å². The van der Waals surface area contributed by atoms with Crippen molar-refractivity contribution in [1.82, 2.24) is 4.98 Å². The fourth-order valence-corrected chi connectivity index (χ4v) is 2.26. The summed E-state index contributed by atoms with van der Waals surface area (Å²) < 4.78 is 24.6. The summed E-state index contributed by atoms with van der Waals surface area (Å²) in [6.07, 6.45) is -1.72. The van der Waals surface area contributed by atoms with Gasteiger partial charge in [0.2, 0.25) is 5.78 Å². The van der Waals surface area contributed by atoms with E-state index < -0.39 is 18.6 Å². The van der Waals surface area contributed by atoms with Gasteiger partial charge < -0.3 is 0 Å². The fraction of sp³-hybridized carbons (Fsp3) is 0.375. The van der Waals surface area contributed by atoms with Gasteiger partial charge in [0.05, 0.1) is 12.1 Å². The molecule has 1 heterocycles.